The number of rotatable bonds is 4. The van der Waals surface area contributed by atoms with E-state index in [4.69, 9.17) is 0 Å². The Balaban J connectivity index is 1.91. The van der Waals surface area contributed by atoms with Crippen LogP contribution in [0.3, 0.4) is 0 Å². The van der Waals surface area contributed by atoms with Gasteiger partial charge in [-0.2, -0.15) is 0 Å². The van der Waals surface area contributed by atoms with Gasteiger partial charge in [0.2, 0.25) is 0 Å². The van der Waals surface area contributed by atoms with Crippen molar-refractivity contribution in [3.8, 4) is 11.3 Å². The standard InChI is InChI=1S/C21H24N2O3/c1-15-16(18-11-4-7-14-22-18)9-8-10-17(15)19(24)23-21(20(25)26)12-5-2-3-6-13-21/h4,7-11,14H,2-3,5-6,12-13H2,1H3,(H,23,24)(H,25,26). The summed E-state index contributed by atoms with van der Waals surface area (Å²) in [6.45, 7) is 1.87. The second-order valence-electron chi connectivity index (χ2n) is 6.95. The van der Waals surface area contributed by atoms with Crippen LogP contribution in [-0.2, 0) is 4.79 Å². The molecule has 0 unspecified atom stereocenters. The highest BCUT2D eigenvalue weighted by Crippen LogP contribution is 2.29. The molecule has 0 radical (unpaired) electrons. The number of nitrogens with one attached hydrogen (secondary N) is 1. The summed E-state index contributed by atoms with van der Waals surface area (Å²) in [6.07, 6.45) is 6.34. The first-order valence-electron chi connectivity index (χ1n) is 9.10. The van der Waals surface area contributed by atoms with Crippen LogP contribution in [0.4, 0.5) is 0 Å². The van der Waals surface area contributed by atoms with E-state index in [1.807, 2.05) is 37.3 Å². The lowest BCUT2D eigenvalue weighted by molar-refractivity contribution is -0.145. The van der Waals surface area contributed by atoms with Crippen molar-refractivity contribution < 1.29 is 14.7 Å². The van der Waals surface area contributed by atoms with Crippen molar-refractivity contribution in [2.45, 2.75) is 51.0 Å². The van der Waals surface area contributed by atoms with Gasteiger partial charge < -0.3 is 10.4 Å². The Labute approximate surface area is 153 Å². The summed E-state index contributed by atoms with van der Waals surface area (Å²) < 4.78 is 0. The molecule has 5 nitrogen and oxygen atoms in total. The summed E-state index contributed by atoms with van der Waals surface area (Å²) >= 11 is 0. The summed E-state index contributed by atoms with van der Waals surface area (Å²) in [4.78, 5) is 29.2. The number of aromatic nitrogens is 1. The van der Waals surface area contributed by atoms with Gasteiger partial charge in [0.15, 0.2) is 0 Å². The van der Waals surface area contributed by atoms with E-state index in [1.165, 1.54) is 0 Å². The Kier molecular flexibility index (Phi) is 5.35. The molecule has 0 saturated heterocycles. The minimum atomic E-state index is -1.17. The highest BCUT2D eigenvalue weighted by atomic mass is 16.4. The fourth-order valence-corrected chi connectivity index (χ4v) is 3.69. The molecule has 1 aliphatic carbocycles. The minimum Gasteiger partial charge on any atom is -0.480 e. The van der Waals surface area contributed by atoms with E-state index < -0.39 is 11.5 Å². The molecule has 0 spiro atoms. The first-order chi connectivity index (χ1) is 12.5. The molecule has 0 atom stereocenters. The molecule has 5 heteroatoms. The third kappa shape index (κ3) is 3.62. The Morgan fingerprint density at radius 3 is 2.38 bits per heavy atom. The molecular weight excluding hydrogens is 328 g/mol. The zero-order valence-corrected chi connectivity index (χ0v) is 15.0. The van der Waals surface area contributed by atoms with Gasteiger partial charge in [-0.3, -0.25) is 9.78 Å². The van der Waals surface area contributed by atoms with Crippen molar-refractivity contribution >= 4 is 11.9 Å². The number of nitrogens with zero attached hydrogens (tertiary/aromatic N) is 1. The molecule has 136 valence electrons. The lowest BCUT2D eigenvalue weighted by Crippen LogP contribution is -2.54. The number of hydrogen-bond acceptors (Lipinski definition) is 3. The summed E-state index contributed by atoms with van der Waals surface area (Å²) in [6, 6.07) is 11.1. The van der Waals surface area contributed by atoms with Gasteiger partial charge in [-0.1, -0.05) is 43.9 Å². The number of carboxylic acid groups (broad SMARTS) is 1. The van der Waals surface area contributed by atoms with Crippen LogP contribution in [0.2, 0.25) is 0 Å². The van der Waals surface area contributed by atoms with Crippen LogP contribution >= 0.6 is 0 Å². The first-order valence-corrected chi connectivity index (χ1v) is 9.10. The van der Waals surface area contributed by atoms with Crippen molar-refractivity contribution in [3.05, 3.63) is 53.7 Å². The van der Waals surface area contributed by atoms with Crippen LogP contribution in [0.25, 0.3) is 11.3 Å². The van der Waals surface area contributed by atoms with Crippen LogP contribution in [0.1, 0.15) is 54.4 Å². The molecule has 1 aliphatic rings. The quantitative estimate of drug-likeness (QED) is 0.816. The van der Waals surface area contributed by atoms with Crippen molar-refractivity contribution in [1.82, 2.24) is 10.3 Å². The number of carbonyl (C=O) groups excluding carboxylic acids is 1. The summed E-state index contributed by atoms with van der Waals surface area (Å²) in [7, 11) is 0. The van der Waals surface area contributed by atoms with E-state index in [0.717, 1.165) is 42.5 Å². The Bertz CT molecular complexity index is 794. The molecule has 0 bridgehead atoms. The minimum absolute atomic E-state index is 0.329. The third-order valence-electron chi connectivity index (χ3n) is 5.24. The molecular formula is C21H24N2O3. The van der Waals surface area contributed by atoms with Crippen LogP contribution in [0.15, 0.2) is 42.6 Å². The predicted molar refractivity (Wildman–Crippen MR) is 99.9 cm³/mol. The van der Waals surface area contributed by atoms with E-state index in [1.54, 1.807) is 12.3 Å². The fourth-order valence-electron chi connectivity index (χ4n) is 3.69. The molecule has 1 aromatic carbocycles. The van der Waals surface area contributed by atoms with Gasteiger partial charge >= 0.3 is 5.97 Å². The monoisotopic (exact) mass is 352 g/mol. The predicted octanol–water partition coefficient (Wildman–Crippen LogP) is 3.96. The maximum Gasteiger partial charge on any atom is 0.329 e. The molecule has 2 aromatic rings. The van der Waals surface area contributed by atoms with E-state index in [-0.39, 0.29) is 5.91 Å². The average Bonchev–Trinajstić information content (AvgIpc) is 2.89. The maximum atomic E-state index is 12.9. The molecule has 3 rings (SSSR count). The van der Waals surface area contributed by atoms with Crippen LogP contribution in [0.5, 0.6) is 0 Å². The molecule has 2 N–H and O–H groups in total. The van der Waals surface area contributed by atoms with E-state index >= 15 is 0 Å². The Morgan fingerprint density at radius 2 is 1.77 bits per heavy atom. The van der Waals surface area contributed by atoms with Gasteiger partial charge in [-0.25, -0.2) is 4.79 Å². The van der Waals surface area contributed by atoms with E-state index in [0.29, 0.717) is 18.4 Å². The Hall–Kier alpha value is -2.69. The fraction of sp³-hybridized carbons (Fsp3) is 0.381. The molecule has 1 saturated carbocycles. The lowest BCUT2D eigenvalue weighted by atomic mass is 9.89. The maximum absolute atomic E-state index is 12.9. The van der Waals surface area contributed by atoms with Gasteiger partial charge in [-0.05, 0) is 43.5 Å². The van der Waals surface area contributed by atoms with Crippen LogP contribution < -0.4 is 5.32 Å². The number of amides is 1. The normalized spacial score (nSPS) is 16.5. The molecule has 1 amide bonds. The van der Waals surface area contributed by atoms with Crippen molar-refractivity contribution in [2.75, 3.05) is 0 Å². The Morgan fingerprint density at radius 1 is 1.04 bits per heavy atom. The second-order valence-corrected chi connectivity index (χ2v) is 6.95. The smallest absolute Gasteiger partial charge is 0.329 e. The number of benzene rings is 1. The average molecular weight is 352 g/mol. The van der Waals surface area contributed by atoms with E-state index in [9.17, 15) is 14.7 Å². The van der Waals surface area contributed by atoms with Crippen molar-refractivity contribution in [1.29, 1.82) is 0 Å². The highest BCUT2D eigenvalue weighted by molar-refractivity contribution is 6.00. The van der Waals surface area contributed by atoms with Crippen LogP contribution in [0, 0.1) is 6.92 Å². The first kappa shape index (κ1) is 18.1. The highest BCUT2D eigenvalue weighted by Gasteiger charge is 2.40. The number of hydrogen-bond donors (Lipinski definition) is 2. The molecule has 1 aromatic heterocycles. The molecule has 1 fully saturated rings. The molecule has 0 aliphatic heterocycles. The van der Waals surface area contributed by atoms with Gasteiger partial charge in [0, 0.05) is 17.3 Å². The second kappa shape index (κ2) is 7.68. The molecule has 26 heavy (non-hydrogen) atoms. The van der Waals surface area contributed by atoms with E-state index in [2.05, 4.69) is 10.3 Å². The van der Waals surface area contributed by atoms with Gasteiger partial charge in [0.1, 0.15) is 5.54 Å². The zero-order valence-electron chi connectivity index (χ0n) is 15.0. The van der Waals surface area contributed by atoms with Crippen molar-refractivity contribution in [3.63, 3.8) is 0 Å². The number of aliphatic carboxylic acids is 1. The third-order valence-corrected chi connectivity index (χ3v) is 5.24. The van der Waals surface area contributed by atoms with Gasteiger partial charge in [0.05, 0.1) is 5.69 Å². The summed E-state index contributed by atoms with van der Waals surface area (Å²) in [5.41, 5.74) is 1.81. The summed E-state index contributed by atoms with van der Waals surface area (Å²) in [5, 5.41) is 12.6. The largest absolute Gasteiger partial charge is 0.480 e. The van der Waals surface area contributed by atoms with Gasteiger partial charge in [0.25, 0.3) is 5.91 Å². The summed E-state index contributed by atoms with van der Waals surface area (Å²) in [5.74, 6) is -1.27. The molecule has 1 heterocycles. The van der Waals surface area contributed by atoms with Crippen LogP contribution in [-0.4, -0.2) is 27.5 Å². The SMILES string of the molecule is Cc1c(C(=O)NC2(C(=O)O)CCCCCC2)cccc1-c1ccccn1. The number of carbonyl (C=O) groups is 2. The van der Waals surface area contributed by atoms with Crippen molar-refractivity contribution in [2.24, 2.45) is 0 Å². The number of pyridine rings is 1. The number of carboxylic acids is 1. The zero-order chi connectivity index (χ0) is 18.6. The topological polar surface area (TPSA) is 79.3 Å². The van der Waals surface area contributed by atoms with Gasteiger partial charge in [-0.15, -0.1) is 0 Å². The lowest BCUT2D eigenvalue weighted by Gasteiger charge is -2.29.